The van der Waals surface area contributed by atoms with Gasteiger partial charge in [-0.15, -0.1) is 0 Å². The van der Waals surface area contributed by atoms with Gasteiger partial charge in [0, 0.05) is 11.3 Å². The van der Waals surface area contributed by atoms with E-state index >= 15 is 0 Å². The maximum atomic E-state index is 12.1. The third kappa shape index (κ3) is 4.19. The van der Waals surface area contributed by atoms with Crippen LogP contribution in [0.15, 0.2) is 65.8 Å². The van der Waals surface area contributed by atoms with Gasteiger partial charge in [0.2, 0.25) is 5.91 Å². The van der Waals surface area contributed by atoms with E-state index in [9.17, 15) is 4.79 Å². The van der Waals surface area contributed by atoms with E-state index in [1.807, 2.05) is 55.5 Å². The molecule has 3 aromatic carbocycles. The Morgan fingerprint density at radius 2 is 1.88 bits per heavy atom. The lowest BCUT2D eigenvalue weighted by Gasteiger charge is -2.10. The van der Waals surface area contributed by atoms with Crippen molar-refractivity contribution >= 4 is 28.6 Å². The van der Waals surface area contributed by atoms with Crippen LogP contribution in [0.3, 0.4) is 0 Å². The van der Waals surface area contributed by atoms with Crippen molar-refractivity contribution in [2.45, 2.75) is 13.3 Å². The predicted octanol–water partition coefficient (Wildman–Crippen LogP) is 3.51. The second-order valence-corrected chi connectivity index (χ2v) is 5.84. The monoisotopic (exact) mass is 347 g/mol. The highest BCUT2D eigenvalue weighted by atomic mass is 16.5. The summed E-state index contributed by atoms with van der Waals surface area (Å²) >= 11 is 0. The molecule has 0 atom stereocenters. The second kappa shape index (κ2) is 8.16. The quantitative estimate of drug-likeness (QED) is 0.407. The Labute approximate surface area is 152 Å². The molecule has 3 rings (SSSR count). The minimum atomic E-state index is -0.191. The van der Waals surface area contributed by atoms with Crippen molar-refractivity contribution in [3.63, 3.8) is 0 Å². The van der Waals surface area contributed by atoms with Gasteiger partial charge in [0.15, 0.2) is 0 Å². The maximum absolute atomic E-state index is 12.1. The van der Waals surface area contributed by atoms with Crippen molar-refractivity contribution in [3.05, 3.63) is 71.8 Å². The molecule has 0 heterocycles. The van der Waals surface area contributed by atoms with Gasteiger partial charge in [-0.2, -0.15) is 5.10 Å². The van der Waals surface area contributed by atoms with Crippen LogP contribution in [0.5, 0.6) is 5.75 Å². The van der Waals surface area contributed by atoms with E-state index < -0.39 is 0 Å². The fourth-order valence-corrected chi connectivity index (χ4v) is 2.72. The number of carbonyl (C=O) groups excluding carboxylic acids is 1. The van der Waals surface area contributed by atoms with E-state index in [4.69, 9.17) is 10.5 Å². The second-order valence-electron chi connectivity index (χ2n) is 5.84. The van der Waals surface area contributed by atoms with Gasteiger partial charge in [0.1, 0.15) is 5.75 Å². The molecule has 132 valence electrons. The fourth-order valence-electron chi connectivity index (χ4n) is 2.72. The van der Waals surface area contributed by atoms with Crippen LogP contribution in [0, 0.1) is 0 Å². The first-order chi connectivity index (χ1) is 12.7. The zero-order chi connectivity index (χ0) is 18.4. The molecule has 0 saturated carbocycles. The highest BCUT2D eigenvalue weighted by Gasteiger charge is 2.07. The lowest BCUT2D eigenvalue weighted by atomic mass is 10.0. The maximum Gasteiger partial charge on any atom is 0.244 e. The summed E-state index contributed by atoms with van der Waals surface area (Å²) < 4.78 is 5.69. The topological polar surface area (TPSA) is 76.7 Å². The number of nitrogen functional groups attached to an aromatic ring is 1. The summed E-state index contributed by atoms with van der Waals surface area (Å²) in [5, 5.41) is 6.23. The predicted molar refractivity (Wildman–Crippen MR) is 105 cm³/mol. The number of nitrogens with zero attached hydrogens (tertiary/aromatic N) is 1. The van der Waals surface area contributed by atoms with Crippen LogP contribution in [0.1, 0.15) is 18.1 Å². The summed E-state index contributed by atoms with van der Waals surface area (Å²) in [6, 6.07) is 19.1. The molecule has 0 aliphatic heterocycles. The number of anilines is 1. The van der Waals surface area contributed by atoms with Gasteiger partial charge in [-0.3, -0.25) is 4.79 Å². The summed E-state index contributed by atoms with van der Waals surface area (Å²) in [6.45, 7) is 2.49. The zero-order valence-electron chi connectivity index (χ0n) is 14.6. The van der Waals surface area contributed by atoms with Crippen LogP contribution >= 0.6 is 0 Å². The number of hydrogen-bond acceptors (Lipinski definition) is 4. The highest BCUT2D eigenvalue weighted by molar-refractivity contribution is 6.02. The van der Waals surface area contributed by atoms with Gasteiger partial charge in [0.25, 0.3) is 0 Å². The van der Waals surface area contributed by atoms with E-state index in [1.165, 1.54) is 0 Å². The Bertz CT molecular complexity index is 934. The van der Waals surface area contributed by atoms with Gasteiger partial charge in [-0.05, 0) is 41.5 Å². The first kappa shape index (κ1) is 17.5. The van der Waals surface area contributed by atoms with E-state index in [2.05, 4.69) is 10.5 Å². The first-order valence-corrected chi connectivity index (χ1v) is 8.48. The Kier molecular flexibility index (Phi) is 5.49. The zero-order valence-corrected chi connectivity index (χ0v) is 14.6. The summed E-state index contributed by atoms with van der Waals surface area (Å²) in [5.74, 6) is 0.548. The molecule has 5 heteroatoms. The van der Waals surface area contributed by atoms with Crippen molar-refractivity contribution in [1.29, 1.82) is 0 Å². The van der Waals surface area contributed by atoms with Gasteiger partial charge >= 0.3 is 0 Å². The molecule has 0 saturated heterocycles. The van der Waals surface area contributed by atoms with Crippen molar-refractivity contribution in [2.75, 3.05) is 12.3 Å². The van der Waals surface area contributed by atoms with Crippen LogP contribution in [0.4, 0.5) is 5.69 Å². The molecule has 0 radical (unpaired) electrons. The number of ether oxygens (including phenoxy) is 1. The number of hydrogen-bond donors (Lipinski definition) is 2. The number of amides is 1. The van der Waals surface area contributed by atoms with E-state index in [-0.39, 0.29) is 12.3 Å². The summed E-state index contributed by atoms with van der Waals surface area (Å²) in [5.41, 5.74) is 10.6. The normalized spacial score (nSPS) is 11.0. The lowest BCUT2D eigenvalue weighted by Crippen LogP contribution is -2.19. The third-order valence-corrected chi connectivity index (χ3v) is 3.96. The molecule has 5 nitrogen and oxygen atoms in total. The number of fused-ring (bicyclic) bond motifs is 1. The smallest absolute Gasteiger partial charge is 0.244 e. The molecular weight excluding hydrogens is 326 g/mol. The minimum absolute atomic E-state index is 0.191. The van der Waals surface area contributed by atoms with E-state index in [0.717, 1.165) is 27.6 Å². The summed E-state index contributed by atoms with van der Waals surface area (Å²) in [7, 11) is 0. The van der Waals surface area contributed by atoms with E-state index in [0.29, 0.717) is 12.3 Å². The van der Waals surface area contributed by atoms with Crippen molar-refractivity contribution in [3.8, 4) is 5.75 Å². The van der Waals surface area contributed by atoms with Gasteiger partial charge in [-0.25, -0.2) is 5.43 Å². The average Bonchev–Trinajstić information content (AvgIpc) is 2.65. The Balaban J connectivity index is 1.76. The van der Waals surface area contributed by atoms with Crippen molar-refractivity contribution in [1.82, 2.24) is 5.43 Å². The van der Waals surface area contributed by atoms with Gasteiger partial charge in [0.05, 0.1) is 19.2 Å². The Hall–Kier alpha value is -3.34. The minimum Gasteiger partial charge on any atom is -0.493 e. The molecule has 0 unspecified atom stereocenters. The summed E-state index contributed by atoms with van der Waals surface area (Å²) in [4.78, 5) is 12.1. The molecule has 0 bridgehead atoms. The highest BCUT2D eigenvalue weighted by Crippen LogP contribution is 2.26. The SMILES string of the molecule is CCOc1ccc2ccccc2c1/C=N\NC(=O)Cc1ccc(N)cc1. The van der Waals surface area contributed by atoms with Crippen LogP contribution in [0.2, 0.25) is 0 Å². The molecule has 0 aliphatic rings. The first-order valence-electron chi connectivity index (χ1n) is 8.48. The number of carbonyl (C=O) groups is 1. The fraction of sp³-hybridized carbons (Fsp3) is 0.143. The average molecular weight is 347 g/mol. The number of hydrazone groups is 1. The molecule has 0 spiro atoms. The number of nitrogens with two attached hydrogens (primary N) is 1. The van der Waals surface area contributed by atoms with Gasteiger partial charge in [-0.1, -0.05) is 42.5 Å². The standard InChI is InChI=1S/C21H21N3O2/c1-2-26-20-12-9-16-5-3-4-6-18(16)19(20)14-23-24-21(25)13-15-7-10-17(22)11-8-15/h3-12,14H,2,13,22H2,1H3,(H,24,25)/b23-14-. The number of rotatable bonds is 6. The Morgan fingerprint density at radius 3 is 2.65 bits per heavy atom. The van der Waals surface area contributed by atoms with Gasteiger partial charge < -0.3 is 10.5 Å². The van der Waals surface area contributed by atoms with Crippen LogP contribution in [-0.4, -0.2) is 18.7 Å². The molecule has 0 aromatic heterocycles. The van der Waals surface area contributed by atoms with Crippen LogP contribution in [0.25, 0.3) is 10.8 Å². The van der Waals surface area contributed by atoms with Crippen molar-refractivity contribution in [2.24, 2.45) is 5.10 Å². The van der Waals surface area contributed by atoms with Crippen LogP contribution < -0.4 is 15.9 Å². The van der Waals surface area contributed by atoms with E-state index in [1.54, 1.807) is 18.3 Å². The number of nitrogens with one attached hydrogen (secondary N) is 1. The van der Waals surface area contributed by atoms with Crippen molar-refractivity contribution < 1.29 is 9.53 Å². The summed E-state index contributed by atoms with van der Waals surface area (Å²) in [6.07, 6.45) is 1.87. The van der Waals surface area contributed by atoms with Crippen LogP contribution in [-0.2, 0) is 11.2 Å². The molecule has 26 heavy (non-hydrogen) atoms. The lowest BCUT2D eigenvalue weighted by molar-refractivity contribution is -0.120. The molecule has 0 fully saturated rings. The number of benzene rings is 3. The molecular formula is C21H21N3O2. The molecule has 0 aliphatic carbocycles. The largest absolute Gasteiger partial charge is 0.493 e. The third-order valence-electron chi connectivity index (χ3n) is 3.96. The molecule has 3 N–H and O–H groups in total. The Morgan fingerprint density at radius 1 is 1.12 bits per heavy atom. The molecule has 3 aromatic rings. The molecule has 1 amide bonds.